The second-order valence-corrected chi connectivity index (χ2v) is 6.86. The number of rotatable bonds is 4. The number of nitrogens with zero attached hydrogens (tertiary/aromatic N) is 4. The average Bonchev–Trinajstić information content (AvgIpc) is 2.73. The van der Waals surface area contributed by atoms with Crippen LogP contribution in [0.2, 0.25) is 0 Å². The summed E-state index contributed by atoms with van der Waals surface area (Å²) in [5, 5.41) is 17.5. The number of fused-ring (bicyclic) bond motifs is 1. The molecule has 18 heavy (non-hydrogen) atoms. The van der Waals surface area contributed by atoms with Crippen LogP contribution in [0.3, 0.4) is 0 Å². The van der Waals surface area contributed by atoms with E-state index < -0.39 is 0 Å². The van der Waals surface area contributed by atoms with E-state index in [9.17, 15) is 0 Å². The molecule has 2 aromatic heterocycles. The maximum Gasteiger partial charge on any atom is 0.234 e. The van der Waals surface area contributed by atoms with Crippen LogP contribution in [0.5, 0.6) is 0 Å². The van der Waals surface area contributed by atoms with E-state index in [0.717, 1.165) is 28.8 Å². The first-order valence-corrected chi connectivity index (χ1v) is 7.14. The summed E-state index contributed by atoms with van der Waals surface area (Å²) < 4.78 is 1.88. The van der Waals surface area contributed by atoms with Gasteiger partial charge in [0.05, 0.1) is 0 Å². The maximum atomic E-state index is 4.61. The summed E-state index contributed by atoms with van der Waals surface area (Å²) in [4.78, 5) is 0.888. The lowest BCUT2D eigenvalue weighted by Crippen LogP contribution is -2.25. The van der Waals surface area contributed by atoms with Gasteiger partial charge in [-0.3, -0.25) is 0 Å². The molecule has 0 atom stereocenters. The highest BCUT2D eigenvalue weighted by Gasteiger charge is 2.23. The molecule has 2 aromatic rings. The van der Waals surface area contributed by atoms with Gasteiger partial charge in [0.25, 0.3) is 0 Å². The Morgan fingerprint density at radius 1 is 1.28 bits per heavy atom. The molecule has 0 aliphatic rings. The van der Waals surface area contributed by atoms with Gasteiger partial charge in [-0.1, -0.05) is 46.0 Å². The lowest BCUT2D eigenvalue weighted by atomic mass is 9.96. The third-order valence-electron chi connectivity index (χ3n) is 2.59. The standard InChI is InChI=1S/C12H21N5S/c1-8(2)13-7-6-9-16-17-10(12(3,4)5)14-15-11(17)18-9/h8,13H,6-7H2,1-5H3. The van der Waals surface area contributed by atoms with E-state index >= 15 is 0 Å². The zero-order valence-corrected chi connectivity index (χ0v) is 12.5. The summed E-state index contributed by atoms with van der Waals surface area (Å²) in [6.45, 7) is 11.6. The van der Waals surface area contributed by atoms with Gasteiger partial charge in [0.2, 0.25) is 4.96 Å². The topological polar surface area (TPSA) is 55.1 Å². The van der Waals surface area contributed by atoms with E-state index in [1.807, 2.05) is 4.52 Å². The molecule has 0 saturated heterocycles. The highest BCUT2D eigenvalue weighted by atomic mass is 32.1. The van der Waals surface area contributed by atoms with E-state index in [0.29, 0.717) is 6.04 Å². The summed E-state index contributed by atoms with van der Waals surface area (Å²) in [6.07, 6.45) is 0.940. The molecule has 2 heterocycles. The molecule has 0 fully saturated rings. The van der Waals surface area contributed by atoms with E-state index in [1.54, 1.807) is 11.3 Å². The molecule has 1 N–H and O–H groups in total. The smallest absolute Gasteiger partial charge is 0.234 e. The van der Waals surface area contributed by atoms with Crippen LogP contribution in [0.4, 0.5) is 0 Å². The molecule has 0 bridgehead atoms. The van der Waals surface area contributed by atoms with Crippen LogP contribution in [0.25, 0.3) is 4.96 Å². The van der Waals surface area contributed by atoms with Crippen molar-refractivity contribution in [3.8, 4) is 0 Å². The normalized spacial score (nSPS) is 12.8. The summed E-state index contributed by atoms with van der Waals surface area (Å²) in [5.41, 5.74) is -0.0268. The van der Waals surface area contributed by atoms with E-state index in [1.165, 1.54) is 0 Å². The van der Waals surface area contributed by atoms with Crippen LogP contribution in [0.15, 0.2) is 0 Å². The van der Waals surface area contributed by atoms with E-state index in [-0.39, 0.29) is 5.41 Å². The molecule has 5 nitrogen and oxygen atoms in total. The second kappa shape index (κ2) is 4.93. The van der Waals surface area contributed by atoms with Crippen molar-refractivity contribution in [1.29, 1.82) is 0 Å². The third-order valence-corrected chi connectivity index (χ3v) is 3.55. The first-order valence-electron chi connectivity index (χ1n) is 6.33. The largest absolute Gasteiger partial charge is 0.314 e. The van der Waals surface area contributed by atoms with Gasteiger partial charge in [0.1, 0.15) is 5.01 Å². The minimum Gasteiger partial charge on any atom is -0.314 e. The zero-order chi connectivity index (χ0) is 13.3. The van der Waals surface area contributed by atoms with Crippen LogP contribution in [-0.2, 0) is 11.8 Å². The number of hydrogen-bond donors (Lipinski definition) is 1. The van der Waals surface area contributed by atoms with Crippen LogP contribution < -0.4 is 5.32 Å². The fourth-order valence-electron chi connectivity index (χ4n) is 1.69. The number of nitrogens with one attached hydrogen (secondary N) is 1. The Bertz CT molecular complexity index is 520. The quantitative estimate of drug-likeness (QED) is 0.921. The van der Waals surface area contributed by atoms with E-state index in [4.69, 9.17) is 0 Å². The van der Waals surface area contributed by atoms with Crippen molar-refractivity contribution >= 4 is 16.3 Å². The fourth-order valence-corrected chi connectivity index (χ4v) is 2.53. The summed E-state index contributed by atoms with van der Waals surface area (Å²) >= 11 is 1.62. The summed E-state index contributed by atoms with van der Waals surface area (Å²) in [7, 11) is 0. The Morgan fingerprint density at radius 3 is 2.61 bits per heavy atom. The lowest BCUT2D eigenvalue weighted by Gasteiger charge is -2.13. The van der Waals surface area contributed by atoms with Crippen molar-refractivity contribution in [2.75, 3.05) is 6.54 Å². The number of hydrogen-bond acceptors (Lipinski definition) is 5. The van der Waals surface area contributed by atoms with Crippen LogP contribution in [0, 0.1) is 0 Å². The Balaban J connectivity index is 2.16. The molecule has 100 valence electrons. The maximum absolute atomic E-state index is 4.61. The lowest BCUT2D eigenvalue weighted by molar-refractivity contribution is 0.525. The molecule has 0 aromatic carbocycles. The predicted molar refractivity (Wildman–Crippen MR) is 74.2 cm³/mol. The predicted octanol–water partition coefficient (Wildman–Crippen LogP) is 2.02. The minimum absolute atomic E-state index is 0.0268. The van der Waals surface area contributed by atoms with Crippen LogP contribution in [-0.4, -0.2) is 32.4 Å². The Morgan fingerprint density at radius 2 is 2.00 bits per heavy atom. The molecule has 0 aliphatic carbocycles. The fraction of sp³-hybridized carbons (Fsp3) is 0.750. The second-order valence-electron chi connectivity index (χ2n) is 5.82. The van der Waals surface area contributed by atoms with Gasteiger partial charge in [-0.15, -0.1) is 10.2 Å². The van der Waals surface area contributed by atoms with Gasteiger partial charge < -0.3 is 5.32 Å². The molecule has 6 heteroatoms. The van der Waals surface area contributed by atoms with Crippen LogP contribution >= 0.6 is 11.3 Å². The number of aromatic nitrogens is 4. The Kier molecular flexibility index (Phi) is 3.68. The molecule has 0 aliphatic heterocycles. The molecular formula is C12H21N5S. The Hall–Kier alpha value is -1.01. The molecule has 0 spiro atoms. The molecule has 0 radical (unpaired) electrons. The SMILES string of the molecule is CC(C)NCCc1nn2c(C(C)(C)C)nnc2s1. The van der Waals surface area contributed by atoms with Gasteiger partial charge >= 0.3 is 0 Å². The van der Waals surface area contributed by atoms with Crippen molar-refractivity contribution in [3.05, 3.63) is 10.8 Å². The third kappa shape index (κ3) is 2.87. The molecular weight excluding hydrogens is 246 g/mol. The first-order chi connectivity index (χ1) is 8.38. The monoisotopic (exact) mass is 267 g/mol. The van der Waals surface area contributed by atoms with E-state index in [2.05, 4.69) is 55.2 Å². The minimum atomic E-state index is -0.0268. The molecule has 0 unspecified atom stereocenters. The van der Waals surface area contributed by atoms with Gasteiger partial charge in [-0.2, -0.15) is 9.61 Å². The highest BCUT2D eigenvalue weighted by Crippen LogP contribution is 2.23. The van der Waals surface area contributed by atoms with Crippen molar-refractivity contribution in [1.82, 2.24) is 25.1 Å². The molecule has 0 amide bonds. The highest BCUT2D eigenvalue weighted by molar-refractivity contribution is 7.16. The Labute approximate surface area is 112 Å². The van der Waals surface area contributed by atoms with Gasteiger partial charge in [-0.05, 0) is 0 Å². The zero-order valence-electron chi connectivity index (χ0n) is 11.7. The van der Waals surface area contributed by atoms with Gasteiger partial charge in [0, 0.05) is 24.4 Å². The van der Waals surface area contributed by atoms with Crippen molar-refractivity contribution < 1.29 is 0 Å². The van der Waals surface area contributed by atoms with Gasteiger partial charge in [0.15, 0.2) is 5.82 Å². The molecule has 0 saturated carbocycles. The average molecular weight is 267 g/mol. The van der Waals surface area contributed by atoms with Crippen LogP contribution in [0.1, 0.15) is 45.5 Å². The summed E-state index contributed by atoms with van der Waals surface area (Å²) in [6, 6.07) is 0.515. The van der Waals surface area contributed by atoms with Gasteiger partial charge in [-0.25, -0.2) is 0 Å². The first kappa shape index (κ1) is 13.4. The van der Waals surface area contributed by atoms with Crippen molar-refractivity contribution in [3.63, 3.8) is 0 Å². The van der Waals surface area contributed by atoms with Crippen molar-refractivity contribution in [2.24, 2.45) is 0 Å². The summed E-state index contributed by atoms with van der Waals surface area (Å²) in [5.74, 6) is 0.928. The van der Waals surface area contributed by atoms with Crippen molar-refractivity contribution in [2.45, 2.75) is 52.5 Å². The molecule has 2 rings (SSSR count).